The van der Waals surface area contributed by atoms with Gasteiger partial charge < -0.3 is 49.0 Å². The Labute approximate surface area is 356 Å². The number of amides is 4. The molecule has 17 heteroatoms. The van der Waals surface area contributed by atoms with Gasteiger partial charge in [-0.3, -0.25) is 14.4 Å². The number of H-pyrrole nitrogens is 2. The fourth-order valence-corrected chi connectivity index (χ4v) is 8.61. The Balaban J connectivity index is 1.02. The minimum Gasteiger partial charge on any atom is -0.456 e. The third-order valence-corrected chi connectivity index (χ3v) is 12.1. The molecule has 17 nitrogen and oxygen atoms in total. The number of rotatable bonds is 11. The molecule has 2 fully saturated rings. The molecule has 0 spiro atoms. The maximum absolute atomic E-state index is 14.0. The molecule has 324 valence electrons. The van der Waals surface area contributed by atoms with E-state index in [0.29, 0.717) is 58.8 Å². The summed E-state index contributed by atoms with van der Waals surface area (Å²) in [5, 5.41) is 6.13. The van der Waals surface area contributed by atoms with Gasteiger partial charge in [-0.1, -0.05) is 26.0 Å². The monoisotopic (exact) mass is 846 g/mol. The minimum atomic E-state index is -0.946. The van der Waals surface area contributed by atoms with Gasteiger partial charge in [-0.2, -0.15) is 0 Å². The van der Waals surface area contributed by atoms with Gasteiger partial charge in [0.05, 0.1) is 66.1 Å². The fourth-order valence-electron chi connectivity index (χ4n) is 8.61. The first kappa shape index (κ1) is 42.0. The van der Waals surface area contributed by atoms with E-state index in [1.54, 1.807) is 41.1 Å². The molecular weight excluding hydrogens is 797 g/mol. The second-order valence-corrected chi connectivity index (χ2v) is 16.2. The third kappa shape index (κ3) is 7.95. The SMILES string of the molecule is COC(=O)N[C@H](C(=O)N1CCC[C@H]1c1nc2ccc(-c3ccc4c(=O)c5cc(-c6cnc([C@@H]7CCCN7C(=O)[C@@H](NC(=O)OC)[C@@H](C)OC)[nH]6)ccc5oc4c3)cc2[nH]1)C(C)C. The summed E-state index contributed by atoms with van der Waals surface area (Å²) in [4.78, 5) is 85.2. The van der Waals surface area contributed by atoms with Gasteiger partial charge in [-0.15, -0.1) is 0 Å². The number of fused-ring (bicyclic) bond motifs is 3. The average Bonchev–Trinajstić information content (AvgIpc) is 4.12. The first-order chi connectivity index (χ1) is 29.9. The van der Waals surface area contributed by atoms with Crippen LogP contribution in [0.3, 0.4) is 0 Å². The summed E-state index contributed by atoms with van der Waals surface area (Å²) in [6.07, 6.45) is 2.69. The van der Waals surface area contributed by atoms with Gasteiger partial charge in [-0.25, -0.2) is 19.6 Å². The highest BCUT2D eigenvalue weighted by Crippen LogP contribution is 2.36. The number of benzene rings is 3. The molecule has 8 rings (SSSR count). The van der Waals surface area contributed by atoms with Gasteiger partial charge in [0.2, 0.25) is 17.2 Å². The molecule has 4 amide bonds. The average molecular weight is 847 g/mol. The Morgan fingerprint density at radius 2 is 1.37 bits per heavy atom. The molecule has 2 aliphatic heterocycles. The van der Waals surface area contributed by atoms with Crippen molar-refractivity contribution >= 4 is 57.0 Å². The number of carbonyl (C=O) groups excluding carboxylic acids is 4. The van der Waals surface area contributed by atoms with Crippen molar-refractivity contribution in [2.24, 2.45) is 5.92 Å². The van der Waals surface area contributed by atoms with Crippen molar-refractivity contribution in [3.8, 4) is 22.4 Å². The number of carbonyl (C=O) groups is 4. The van der Waals surface area contributed by atoms with Crippen molar-refractivity contribution in [1.29, 1.82) is 0 Å². The third-order valence-electron chi connectivity index (χ3n) is 12.1. The number of likely N-dealkylation sites (tertiary alicyclic amines) is 2. The molecule has 5 atom stereocenters. The van der Waals surface area contributed by atoms with E-state index in [-0.39, 0.29) is 35.2 Å². The van der Waals surface area contributed by atoms with E-state index in [9.17, 15) is 24.0 Å². The quantitative estimate of drug-likeness (QED) is 0.106. The van der Waals surface area contributed by atoms with Crippen LogP contribution in [0.4, 0.5) is 9.59 Å². The molecule has 2 saturated heterocycles. The Kier molecular flexibility index (Phi) is 11.7. The summed E-state index contributed by atoms with van der Waals surface area (Å²) in [6.45, 7) is 6.52. The molecule has 6 aromatic rings. The number of hydrogen-bond acceptors (Lipinski definition) is 11. The van der Waals surface area contributed by atoms with E-state index in [2.05, 4.69) is 25.6 Å². The molecule has 0 radical (unpaired) electrons. The van der Waals surface area contributed by atoms with Crippen LogP contribution in [0.25, 0.3) is 55.4 Å². The van der Waals surface area contributed by atoms with Gasteiger partial charge in [0, 0.05) is 25.8 Å². The van der Waals surface area contributed by atoms with Crippen molar-refractivity contribution in [3.63, 3.8) is 0 Å². The summed E-state index contributed by atoms with van der Waals surface area (Å²) in [5.41, 5.74) is 5.37. The molecule has 4 N–H and O–H groups in total. The van der Waals surface area contributed by atoms with Gasteiger partial charge in [-0.05, 0) is 92.1 Å². The zero-order valence-corrected chi connectivity index (χ0v) is 35.4. The van der Waals surface area contributed by atoms with Crippen molar-refractivity contribution < 1.29 is 37.8 Å². The van der Waals surface area contributed by atoms with Crippen molar-refractivity contribution in [2.45, 2.75) is 76.7 Å². The normalized spacial score (nSPS) is 18.0. The number of aromatic amines is 2. The number of aromatic nitrogens is 4. The smallest absolute Gasteiger partial charge is 0.407 e. The zero-order valence-electron chi connectivity index (χ0n) is 35.4. The predicted molar refractivity (Wildman–Crippen MR) is 230 cm³/mol. The molecule has 0 bridgehead atoms. The highest BCUT2D eigenvalue weighted by atomic mass is 16.5. The van der Waals surface area contributed by atoms with Crippen LogP contribution in [0.5, 0.6) is 0 Å². The van der Waals surface area contributed by atoms with E-state index >= 15 is 0 Å². The van der Waals surface area contributed by atoms with Gasteiger partial charge in [0.1, 0.15) is 34.9 Å². The van der Waals surface area contributed by atoms with Crippen LogP contribution in [-0.2, 0) is 23.8 Å². The van der Waals surface area contributed by atoms with Crippen LogP contribution < -0.4 is 16.1 Å². The van der Waals surface area contributed by atoms with E-state index in [1.807, 2.05) is 50.2 Å². The lowest BCUT2D eigenvalue weighted by atomic mass is 10.0. The van der Waals surface area contributed by atoms with E-state index in [1.165, 1.54) is 21.3 Å². The van der Waals surface area contributed by atoms with Gasteiger partial charge in [0.15, 0.2) is 0 Å². The number of methoxy groups -OCH3 is 3. The van der Waals surface area contributed by atoms with Gasteiger partial charge >= 0.3 is 12.2 Å². The minimum absolute atomic E-state index is 0.140. The van der Waals surface area contributed by atoms with E-state index in [4.69, 9.17) is 23.6 Å². The molecule has 5 heterocycles. The molecule has 3 aromatic carbocycles. The molecule has 0 unspecified atom stereocenters. The Morgan fingerprint density at radius 1 is 0.742 bits per heavy atom. The first-order valence-electron chi connectivity index (χ1n) is 20.8. The van der Waals surface area contributed by atoms with Crippen LogP contribution >= 0.6 is 0 Å². The highest BCUT2D eigenvalue weighted by molar-refractivity contribution is 5.94. The summed E-state index contributed by atoms with van der Waals surface area (Å²) in [6, 6.07) is 14.5. The van der Waals surface area contributed by atoms with Crippen LogP contribution in [0.15, 0.2) is 70.0 Å². The second-order valence-electron chi connectivity index (χ2n) is 16.2. The molecule has 0 aliphatic carbocycles. The van der Waals surface area contributed by atoms with E-state index < -0.39 is 30.4 Å². The van der Waals surface area contributed by atoms with Crippen LogP contribution in [0.2, 0.25) is 0 Å². The predicted octanol–water partition coefficient (Wildman–Crippen LogP) is 6.35. The van der Waals surface area contributed by atoms with Crippen molar-refractivity contribution in [3.05, 3.63) is 82.7 Å². The zero-order chi connectivity index (χ0) is 43.8. The molecule has 0 saturated carbocycles. The lowest BCUT2D eigenvalue weighted by Gasteiger charge is -2.30. The summed E-state index contributed by atoms with van der Waals surface area (Å²) < 4.78 is 21.3. The standard InChI is InChI=1S/C45H50N8O9/c1-23(2)37(50-44(57)60-5)42(55)53-18-8-10-34(53)41-47-30-15-12-25(20-31(30)48-41)26-11-14-28-36(21-26)62-35-16-13-27(19-29(35)39(28)54)32-22-46-40(49-32)33-9-7-17-52(33)43(56)38(24(3)59-4)51-45(58)61-6/h11-16,19-24,33-34,37-38H,7-10,17-18H2,1-6H3,(H,46,49)(H,47,48)(H,50,57)(H,51,58)/t24-,33+,34+,37+,38+/m1/s1. The van der Waals surface area contributed by atoms with Crippen molar-refractivity contribution in [2.75, 3.05) is 34.4 Å². The van der Waals surface area contributed by atoms with Crippen LogP contribution in [0, 0.1) is 5.92 Å². The Bertz CT molecular complexity index is 2740. The van der Waals surface area contributed by atoms with Gasteiger partial charge in [0.25, 0.3) is 0 Å². The summed E-state index contributed by atoms with van der Waals surface area (Å²) >= 11 is 0. The number of nitrogens with one attached hydrogen (secondary N) is 4. The molecule has 2 aliphatic rings. The fraction of sp³-hybridized carbons (Fsp3) is 0.400. The highest BCUT2D eigenvalue weighted by Gasteiger charge is 2.40. The van der Waals surface area contributed by atoms with Crippen LogP contribution in [-0.4, -0.2) is 106 Å². The molecular formula is C45H50N8O9. The Hall–Kier alpha value is -6.75. The topological polar surface area (TPSA) is 214 Å². The second kappa shape index (κ2) is 17.3. The number of alkyl carbamates (subject to hydrolysis) is 2. The molecule has 62 heavy (non-hydrogen) atoms. The first-order valence-corrected chi connectivity index (χ1v) is 20.8. The van der Waals surface area contributed by atoms with Crippen molar-refractivity contribution in [1.82, 2.24) is 40.4 Å². The number of imidazole rings is 2. The summed E-state index contributed by atoms with van der Waals surface area (Å²) in [7, 11) is 3.99. The maximum atomic E-state index is 14.0. The summed E-state index contributed by atoms with van der Waals surface area (Å²) in [5.74, 6) is 0.659. The maximum Gasteiger partial charge on any atom is 0.407 e. The largest absolute Gasteiger partial charge is 0.456 e. The van der Waals surface area contributed by atoms with E-state index in [0.717, 1.165) is 47.0 Å². The lowest BCUT2D eigenvalue weighted by Crippen LogP contribution is -2.54. The van der Waals surface area contributed by atoms with Crippen LogP contribution in [0.1, 0.15) is 70.2 Å². The Morgan fingerprint density at radius 3 is 2.05 bits per heavy atom. The molecule has 3 aromatic heterocycles. The number of hydrogen-bond donors (Lipinski definition) is 4. The number of ether oxygens (including phenoxy) is 3. The number of nitrogens with zero attached hydrogens (tertiary/aromatic N) is 4. The lowest BCUT2D eigenvalue weighted by molar-refractivity contribution is -0.137.